The molecule has 1 heterocycles. The van der Waals surface area contributed by atoms with Crippen molar-refractivity contribution in [2.24, 2.45) is 7.05 Å². The number of hydrogen-bond donors (Lipinski definition) is 1. The molecular weight excluding hydrogens is 312 g/mol. The molecule has 130 valence electrons. The number of amides is 1. The van der Waals surface area contributed by atoms with Crippen molar-refractivity contribution in [3.8, 4) is 5.75 Å². The van der Waals surface area contributed by atoms with E-state index in [1.807, 2.05) is 43.4 Å². The summed E-state index contributed by atoms with van der Waals surface area (Å²) >= 11 is 0. The highest BCUT2D eigenvalue weighted by atomic mass is 16.5. The first-order chi connectivity index (χ1) is 12.1. The third kappa shape index (κ3) is 3.68. The minimum atomic E-state index is 0.0577. The number of aromatic nitrogens is 1. The zero-order valence-corrected chi connectivity index (χ0v) is 15.0. The highest BCUT2D eigenvalue weighted by molar-refractivity contribution is 5.90. The summed E-state index contributed by atoms with van der Waals surface area (Å²) in [6, 6.07) is 16.2. The van der Waals surface area contributed by atoms with Crippen LogP contribution < -0.4 is 10.1 Å². The Bertz CT molecular complexity index is 896. The molecule has 4 nitrogen and oxygen atoms in total. The fourth-order valence-corrected chi connectivity index (χ4v) is 3.22. The van der Waals surface area contributed by atoms with Gasteiger partial charge >= 0.3 is 0 Å². The normalized spacial score (nSPS) is 10.8. The second kappa shape index (κ2) is 7.43. The van der Waals surface area contributed by atoms with E-state index in [2.05, 4.69) is 28.9 Å². The topological polar surface area (TPSA) is 43.3 Å². The van der Waals surface area contributed by atoms with Crippen LogP contribution in [0.15, 0.2) is 48.5 Å². The van der Waals surface area contributed by atoms with Crippen LogP contribution in [-0.2, 0) is 24.7 Å². The van der Waals surface area contributed by atoms with Crippen molar-refractivity contribution >= 4 is 16.8 Å². The van der Waals surface area contributed by atoms with E-state index < -0.39 is 0 Å². The van der Waals surface area contributed by atoms with Crippen LogP contribution in [0.3, 0.4) is 0 Å². The number of carbonyl (C=O) groups is 1. The van der Waals surface area contributed by atoms with E-state index in [4.69, 9.17) is 4.74 Å². The van der Waals surface area contributed by atoms with E-state index in [-0.39, 0.29) is 5.91 Å². The molecule has 3 aromatic rings. The van der Waals surface area contributed by atoms with Gasteiger partial charge in [0.25, 0.3) is 0 Å². The Morgan fingerprint density at radius 3 is 2.76 bits per heavy atom. The molecular formula is C21H24N2O2. The quantitative estimate of drug-likeness (QED) is 0.750. The molecule has 1 amide bonds. The van der Waals surface area contributed by atoms with E-state index in [9.17, 15) is 4.79 Å². The summed E-state index contributed by atoms with van der Waals surface area (Å²) in [6.07, 6.45) is 1.20. The van der Waals surface area contributed by atoms with E-state index in [1.54, 1.807) is 7.11 Å². The number of rotatable bonds is 6. The molecule has 1 aromatic heterocycles. The predicted molar refractivity (Wildman–Crippen MR) is 101 cm³/mol. The molecule has 0 aliphatic carbocycles. The van der Waals surface area contributed by atoms with E-state index in [0.717, 1.165) is 34.4 Å². The fourth-order valence-electron chi connectivity index (χ4n) is 3.22. The summed E-state index contributed by atoms with van der Waals surface area (Å²) in [5, 5.41) is 4.19. The number of nitrogens with zero attached hydrogens (tertiary/aromatic N) is 1. The lowest BCUT2D eigenvalue weighted by Gasteiger charge is -2.07. The molecule has 0 aliphatic heterocycles. The van der Waals surface area contributed by atoms with Crippen molar-refractivity contribution in [2.45, 2.75) is 19.8 Å². The molecule has 0 spiro atoms. The average Bonchev–Trinajstić information content (AvgIpc) is 2.87. The molecule has 0 aliphatic rings. The molecule has 4 heteroatoms. The van der Waals surface area contributed by atoms with Gasteiger partial charge in [-0.2, -0.15) is 0 Å². The summed E-state index contributed by atoms with van der Waals surface area (Å²) in [7, 11) is 3.70. The minimum absolute atomic E-state index is 0.0577. The summed E-state index contributed by atoms with van der Waals surface area (Å²) in [5.74, 6) is 0.901. The van der Waals surface area contributed by atoms with Gasteiger partial charge in [0, 0.05) is 30.2 Å². The number of para-hydroxylation sites is 1. The van der Waals surface area contributed by atoms with Gasteiger partial charge in [0.1, 0.15) is 5.75 Å². The molecule has 25 heavy (non-hydrogen) atoms. The van der Waals surface area contributed by atoms with Gasteiger partial charge in [-0.05, 0) is 42.7 Å². The van der Waals surface area contributed by atoms with Gasteiger partial charge in [0.05, 0.1) is 13.5 Å². The zero-order chi connectivity index (χ0) is 17.8. The van der Waals surface area contributed by atoms with Crippen LogP contribution in [0.4, 0.5) is 0 Å². The van der Waals surface area contributed by atoms with Crippen LogP contribution in [0, 0.1) is 6.92 Å². The number of benzene rings is 2. The number of methoxy groups -OCH3 is 1. The smallest absolute Gasteiger partial charge is 0.224 e. The molecule has 0 fully saturated rings. The Balaban J connectivity index is 1.62. The van der Waals surface area contributed by atoms with Gasteiger partial charge in [-0.1, -0.05) is 30.3 Å². The summed E-state index contributed by atoms with van der Waals surface area (Å²) < 4.78 is 7.38. The van der Waals surface area contributed by atoms with Crippen molar-refractivity contribution in [1.82, 2.24) is 9.88 Å². The molecule has 3 rings (SSSR count). The second-order valence-corrected chi connectivity index (χ2v) is 6.27. The Labute approximate surface area is 148 Å². The monoisotopic (exact) mass is 336 g/mol. The Morgan fingerprint density at radius 2 is 1.96 bits per heavy atom. The van der Waals surface area contributed by atoms with Crippen molar-refractivity contribution < 1.29 is 9.53 Å². The van der Waals surface area contributed by atoms with E-state index >= 15 is 0 Å². The maximum Gasteiger partial charge on any atom is 0.224 e. The lowest BCUT2D eigenvalue weighted by Crippen LogP contribution is -2.27. The van der Waals surface area contributed by atoms with Crippen LogP contribution in [0.1, 0.15) is 16.8 Å². The molecule has 0 unspecified atom stereocenters. The second-order valence-electron chi connectivity index (χ2n) is 6.27. The fraction of sp³-hybridized carbons (Fsp3) is 0.286. The first kappa shape index (κ1) is 17.1. The van der Waals surface area contributed by atoms with Crippen molar-refractivity contribution in [3.63, 3.8) is 0 Å². The van der Waals surface area contributed by atoms with E-state index in [1.165, 1.54) is 5.52 Å². The molecule has 0 atom stereocenters. The number of ether oxygens (including phenoxy) is 1. The maximum atomic E-state index is 12.4. The van der Waals surface area contributed by atoms with Gasteiger partial charge < -0.3 is 14.6 Å². The van der Waals surface area contributed by atoms with Crippen LogP contribution >= 0.6 is 0 Å². The summed E-state index contributed by atoms with van der Waals surface area (Å²) in [5.41, 5.74) is 4.57. The standard InChI is InChI=1S/C21H24N2O2/c1-15-19(18-9-4-5-10-20(18)23(15)2)14-21(24)22-12-11-16-7-6-8-17(13-16)25-3/h4-10,13H,11-12,14H2,1-3H3,(H,22,24). The highest BCUT2D eigenvalue weighted by Crippen LogP contribution is 2.25. The average molecular weight is 336 g/mol. The Hall–Kier alpha value is -2.75. The highest BCUT2D eigenvalue weighted by Gasteiger charge is 2.14. The molecule has 0 bridgehead atoms. The van der Waals surface area contributed by atoms with Crippen LogP contribution in [0.2, 0.25) is 0 Å². The number of aryl methyl sites for hydroxylation is 1. The van der Waals surface area contributed by atoms with Gasteiger partial charge in [-0.15, -0.1) is 0 Å². The predicted octanol–water partition coefficient (Wildman–Crippen LogP) is 3.40. The third-order valence-electron chi connectivity index (χ3n) is 4.74. The number of fused-ring (bicyclic) bond motifs is 1. The van der Waals surface area contributed by atoms with Crippen molar-refractivity contribution in [1.29, 1.82) is 0 Å². The van der Waals surface area contributed by atoms with Crippen molar-refractivity contribution in [3.05, 3.63) is 65.4 Å². The SMILES string of the molecule is COc1cccc(CCNC(=O)Cc2c(C)n(C)c3ccccc23)c1. The molecule has 2 aromatic carbocycles. The van der Waals surface area contributed by atoms with E-state index in [0.29, 0.717) is 13.0 Å². The van der Waals surface area contributed by atoms with Crippen LogP contribution in [0.25, 0.3) is 10.9 Å². The first-order valence-corrected chi connectivity index (χ1v) is 8.52. The van der Waals surface area contributed by atoms with Gasteiger partial charge in [0.15, 0.2) is 0 Å². The first-order valence-electron chi connectivity index (χ1n) is 8.52. The summed E-state index contributed by atoms with van der Waals surface area (Å²) in [4.78, 5) is 12.4. The summed E-state index contributed by atoms with van der Waals surface area (Å²) in [6.45, 7) is 2.69. The minimum Gasteiger partial charge on any atom is -0.497 e. The van der Waals surface area contributed by atoms with Gasteiger partial charge in [0.2, 0.25) is 5.91 Å². The zero-order valence-electron chi connectivity index (χ0n) is 15.0. The molecule has 0 saturated heterocycles. The van der Waals surface area contributed by atoms with Crippen LogP contribution in [-0.4, -0.2) is 24.1 Å². The van der Waals surface area contributed by atoms with Gasteiger partial charge in [-0.3, -0.25) is 4.79 Å². The number of hydrogen-bond acceptors (Lipinski definition) is 2. The number of carbonyl (C=O) groups excluding carboxylic acids is 1. The third-order valence-corrected chi connectivity index (χ3v) is 4.74. The molecule has 0 radical (unpaired) electrons. The van der Waals surface area contributed by atoms with Crippen LogP contribution in [0.5, 0.6) is 5.75 Å². The Kier molecular flexibility index (Phi) is 5.08. The largest absolute Gasteiger partial charge is 0.497 e. The Morgan fingerprint density at radius 1 is 1.16 bits per heavy atom. The lowest BCUT2D eigenvalue weighted by molar-refractivity contribution is -0.120. The van der Waals surface area contributed by atoms with Gasteiger partial charge in [-0.25, -0.2) is 0 Å². The number of nitrogens with one attached hydrogen (secondary N) is 1. The lowest BCUT2D eigenvalue weighted by atomic mass is 10.1. The maximum absolute atomic E-state index is 12.4. The molecule has 1 N–H and O–H groups in total. The molecule has 0 saturated carbocycles. The van der Waals surface area contributed by atoms with Crippen molar-refractivity contribution in [2.75, 3.05) is 13.7 Å².